The van der Waals surface area contributed by atoms with Gasteiger partial charge in [0.1, 0.15) is 23.3 Å². The summed E-state index contributed by atoms with van der Waals surface area (Å²) in [6.07, 6.45) is 1.45. The van der Waals surface area contributed by atoms with Crippen LogP contribution in [0.15, 0.2) is 63.9 Å². The molecule has 4 aromatic rings. The van der Waals surface area contributed by atoms with Crippen LogP contribution < -0.4 is 10.5 Å². The third-order valence-corrected chi connectivity index (χ3v) is 5.51. The zero-order chi connectivity index (χ0) is 20.7. The molecule has 0 unspecified atom stereocenters. The molecule has 2 aromatic heterocycles. The normalized spacial score (nSPS) is 14.6. The summed E-state index contributed by atoms with van der Waals surface area (Å²) < 4.78 is 20.0. The Kier molecular flexibility index (Phi) is 4.46. The molecule has 0 bridgehead atoms. The summed E-state index contributed by atoms with van der Waals surface area (Å²) in [6, 6.07) is 13.6. The lowest BCUT2D eigenvalue weighted by Crippen LogP contribution is -2.49. The number of benzene rings is 2. The minimum atomic E-state index is -0.463. The Bertz CT molecular complexity index is 1290. The Balaban J connectivity index is 1.34. The number of carbonyl (C=O) groups is 1. The van der Waals surface area contributed by atoms with E-state index in [1.165, 1.54) is 18.3 Å². The highest BCUT2D eigenvalue weighted by atomic mass is 19.1. The van der Waals surface area contributed by atoms with Gasteiger partial charge in [-0.3, -0.25) is 9.48 Å². The van der Waals surface area contributed by atoms with Crippen LogP contribution in [0.4, 0.5) is 10.1 Å². The van der Waals surface area contributed by atoms with E-state index < -0.39 is 5.63 Å². The second kappa shape index (κ2) is 7.29. The van der Waals surface area contributed by atoms with Gasteiger partial charge in [-0.1, -0.05) is 12.1 Å². The van der Waals surface area contributed by atoms with Crippen LogP contribution >= 0.6 is 0 Å². The number of halogens is 1. The Morgan fingerprint density at radius 3 is 2.50 bits per heavy atom. The van der Waals surface area contributed by atoms with Gasteiger partial charge in [0.2, 0.25) is 5.91 Å². The van der Waals surface area contributed by atoms with E-state index >= 15 is 0 Å². The maximum atomic E-state index is 13.1. The van der Waals surface area contributed by atoms with Gasteiger partial charge < -0.3 is 14.2 Å². The van der Waals surface area contributed by atoms with Gasteiger partial charge >= 0.3 is 5.63 Å². The zero-order valence-corrected chi connectivity index (χ0v) is 16.1. The Morgan fingerprint density at radius 1 is 1.00 bits per heavy atom. The van der Waals surface area contributed by atoms with E-state index in [1.54, 1.807) is 33.8 Å². The third kappa shape index (κ3) is 3.20. The van der Waals surface area contributed by atoms with Crippen molar-refractivity contribution in [3.05, 3.63) is 71.0 Å². The number of amides is 1. The molecular weight excluding hydrogens is 387 g/mol. The molecule has 8 heteroatoms. The van der Waals surface area contributed by atoms with Crippen molar-refractivity contribution >= 4 is 33.5 Å². The van der Waals surface area contributed by atoms with E-state index in [1.807, 2.05) is 12.1 Å². The largest absolute Gasteiger partial charge is 0.422 e. The molecule has 5 rings (SSSR count). The quantitative estimate of drug-likeness (QED) is 0.489. The predicted molar refractivity (Wildman–Crippen MR) is 111 cm³/mol. The number of nitrogens with zero attached hydrogens (tertiary/aromatic N) is 4. The van der Waals surface area contributed by atoms with Crippen LogP contribution in [-0.4, -0.2) is 46.8 Å². The first-order valence-corrected chi connectivity index (χ1v) is 9.76. The van der Waals surface area contributed by atoms with Gasteiger partial charge in [0.25, 0.3) is 0 Å². The molecule has 30 heavy (non-hydrogen) atoms. The van der Waals surface area contributed by atoms with Crippen molar-refractivity contribution in [1.82, 2.24) is 14.7 Å². The monoisotopic (exact) mass is 406 g/mol. The number of carbonyl (C=O) groups excluding carboxylic acids is 1. The molecule has 1 amide bonds. The van der Waals surface area contributed by atoms with Crippen LogP contribution in [0.2, 0.25) is 0 Å². The van der Waals surface area contributed by atoms with Crippen LogP contribution in [0.3, 0.4) is 0 Å². The number of piperazine rings is 1. The van der Waals surface area contributed by atoms with Crippen LogP contribution in [0.5, 0.6) is 0 Å². The molecule has 0 saturated carbocycles. The van der Waals surface area contributed by atoms with Crippen molar-refractivity contribution in [1.29, 1.82) is 0 Å². The topological polar surface area (TPSA) is 71.6 Å². The molecule has 1 saturated heterocycles. The van der Waals surface area contributed by atoms with E-state index in [4.69, 9.17) is 4.42 Å². The lowest BCUT2D eigenvalue weighted by Gasteiger charge is -2.36. The summed E-state index contributed by atoms with van der Waals surface area (Å²) in [4.78, 5) is 29.1. The minimum Gasteiger partial charge on any atom is -0.422 e. The Hall–Kier alpha value is -3.68. The van der Waals surface area contributed by atoms with E-state index in [9.17, 15) is 14.0 Å². The van der Waals surface area contributed by atoms with E-state index in [2.05, 4.69) is 10.00 Å². The minimum absolute atomic E-state index is 0.0491. The molecule has 2 aromatic carbocycles. The first-order chi connectivity index (χ1) is 14.6. The van der Waals surface area contributed by atoms with Gasteiger partial charge in [0.05, 0.1) is 11.7 Å². The predicted octanol–water partition coefficient (Wildman–Crippen LogP) is 2.63. The average molecular weight is 406 g/mol. The summed E-state index contributed by atoms with van der Waals surface area (Å²) in [5.41, 5.74) is 1.56. The molecule has 1 aliphatic rings. The highest BCUT2D eigenvalue weighted by molar-refractivity contribution is 6.02. The van der Waals surface area contributed by atoms with Crippen molar-refractivity contribution < 1.29 is 13.6 Å². The Labute approximate surface area is 170 Å². The van der Waals surface area contributed by atoms with E-state index in [-0.39, 0.29) is 18.3 Å². The number of aromatic nitrogens is 2. The molecule has 0 spiro atoms. The van der Waals surface area contributed by atoms with Crippen molar-refractivity contribution in [2.24, 2.45) is 0 Å². The molecule has 0 atom stereocenters. The molecular formula is C22H19FN4O3. The van der Waals surface area contributed by atoms with Crippen molar-refractivity contribution in [2.45, 2.75) is 6.54 Å². The molecule has 0 radical (unpaired) electrons. The summed E-state index contributed by atoms with van der Waals surface area (Å²) in [6.45, 7) is 2.53. The zero-order valence-electron chi connectivity index (χ0n) is 16.1. The SMILES string of the molecule is O=C(Cn1ncc2c(=O)oc3ccccc3c21)N1CCN(c2ccc(F)cc2)CC1. The summed E-state index contributed by atoms with van der Waals surface area (Å²) in [5.74, 6) is -0.323. The first kappa shape index (κ1) is 18.4. The molecule has 152 valence electrons. The number of rotatable bonds is 3. The number of anilines is 1. The lowest BCUT2D eigenvalue weighted by molar-refractivity contribution is -0.132. The maximum absolute atomic E-state index is 13.1. The summed E-state index contributed by atoms with van der Waals surface area (Å²) >= 11 is 0. The highest BCUT2D eigenvalue weighted by Gasteiger charge is 2.23. The molecule has 3 heterocycles. The average Bonchev–Trinajstić information content (AvgIpc) is 3.19. The van der Waals surface area contributed by atoms with Crippen molar-refractivity contribution in [2.75, 3.05) is 31.1 Å². The number of fused-ring (bicyclic) bond motifs is 3. The standard InChI is InChI=1S/C22H19FN4O3/c23-15-5-7-16(8-6-15)25-9-11-26(12-10-25)20(28)14-27-21-17-3-1-2-4-19(17)30-22(29)18(21)13-24-27/h1-8,13H,9-12,14H2. The van der Waals surface area contributed by atoms with Gasteiger partial charge in [0.15, 0.2) is 0 Å². The van der Waals surface area contributed by atoms with Crippen LogP contribution in [0.25, 0.3) is 21.9 Å². The van der Waals surface area contributed by atoms with Crippen molar-refractivity contribution in [3.8, 4) is 0 Å². The van der Waals surface area contributed by atoms with Crippen LogP contribution in [0, 0.1) is 5.82 Å². The molecule has 1 fully saturated rings. The highest BCUT2D eigenvalue weighted by Crippen LogP contribution is 2.23. The second-order valence-electron chi connectivity index (χ2n) is 7.29. The number of hydrogen-bond acceptors (Lipinski definition) is 5. The second-order valence-corrected chi connectivity index (χ2v) is 7.29. The fourth-order valence-corrected chi connectivity index (χ4v) is 3.94. The van der Waals surface area contributed by atoms with Gasteiger partial charge in [-0.2, -0.15) is 5.10 Å². The number of para-hydroxylation sites is 1. The smallest absolute Gasteiger partial charge is 0.347 e. The van der Waals surface area contributed by atoms with Crippen LogP contribution in [-0.2, 0) is 11.3 Å². The molecule has 1 aliphatic heterocycles. The fourth-order valence-electron chi connectivity index (χ4n) is 3.94. The first-order valence-electron chi connectivity index (χ1n) is 9.76. The fraction of sp³-hybridized carbons (Fsp3) is 0.227. The lowest BCUT2D eigenvalue weighted by atomic mass is 10.2. The Morgan fingerprint density at radius 2 is 1.73 bits per heavy atom. The third-order valence-electron chi connectivity index (χ3n) is 5.51. The molecule has 7 nitrogen and oxygen atoms in total. The summed E-state index contributed by atoms with van der Waals surface area (Å²) in [5, 5.41) is 5.39. The van der Waals surface area contributed by atoms with Crippen molar-refractivity contribution in [3.63, 3.8) is 0 Å². The van der Waals surface area contributed by atoms with Gasteiger partial charge in [-0.15, -0.1) is 0 Å². The maximum Gasteiger partial charge on any atom is 0.347 e. The van der Waals surface area contributed by atoms with Crippen LogP contribution in [0.1, 0.15) is 0 Å². The van der Waals surface area contributed by atoms with E-state index in [0.29, 0.717) is 42.7 Å². The van der Waals surface area contributed by atoms with Gasteiger partial charge in [0, 0.05) is 37.3 Å². The summed E-state index contributed by atoms with van der Waals surface area (Å²) in [7, 11) is 0. The van der Waals surface area contributed by atoms with Gasteiger partial charge in [-0.05, 0) is 36.4 Å². The molecule has 0 aliphatic carbocycles. The van der Waals surface area contributed by atoms with E-state index in [0.717, 1.165) is 11.1 Å². The molecule has 0 N–H and O–H groups in total. The van der Waals surface area contributed by atoms with Gasteiger partial charge in [-0.25, -0.2) is 9.18 Å². The number of hydrogen-bond donors (Lipinski definition) is 0.